The van der Waals surface area contributed by atoms with Crippen molar-refractivity contribution in [1.82, 2.24) is 5.32 Å². The van der Waals surface area contributed by atoms with Gasteiger partial charge in [-0.3, -0.25) is 4.79 Å². The van der Waals surface area contributed by atoms with Crippen molar-refractivity contribution in [3.8, 4) is 11.5 Å². The molecule has 1 amide bonds. The molecule has 1 unspecified atom stereocenters. The van der Waals surface area contributed by atoms with Crippen LogP contribution in [0.15, 0.2) is 24.8 Å². The molecule has 2 saturated carbocycles. The van der Waals surface area contributed by atoms with Gasteiger partial charge in [-0.2, -0.15) is 0 Å². The van der Waals surface area contributed by atoms with Gasteiger partial charge in [-0.15, -0.1) is 6.58 Å². The van der Waals surface area contributed by atoms with E-state index in [0.29, 0.717) is 11.7 Å². The Morgan fingerprint density at radius 3 is 2.69 bits per heavy atom. The molecule has 5 atom stereocenters. The van der Waals surface area contributed by atoms with Crippen LogP contribution in [0.2, 0.25) is 0 Å². The maximum Gasteiger partial charge on any atom is 0.217 e. The van der Waals surface area contributed by atoms with Crippen LogP contribution in [0.5, 0.6) is 11.5 Å². The number of hydrogen-bond acceptors (Lipinski definition) is 3. The van der Waals surface area contributed by atoms with Crippen molar-refractivity contribution < 1.29 is 14.6 Å². The first-order chi connectivity index (χ1) is 13.7. The third kappa shape index (κ3) is 3.25. The predicted molar refractivity (Wildman–Crippen MR) is 117 cm³/mol. The highest BCUT2D eigenvalue weighted by atomic mass is 16.5. The second kappa shape index (κ2) is 8.04. The van der Waals surface area contributed by atoms with Gasteiger partial charge < -0.3 is 15.2 Å². The maximum atomic E-state index is 11.8. The highest BCUT2D eigenvalue weighted by Crippen LogP contribution is 2.68. The molecule has 160 valence electrons. The van der Waals surface area contributed by atoms with Gasteiger partial charge in [-0.05, 0) is 55.6 Å². The molecule has 1 aromatic carbocycles. The first-order valence-electron chi connectivity index (χ1n) is 11.1. The van der Waals surface area contributed by atoms with Crippen LogP contribution in [-0.2, 0) is 10.2 Å². The number of benzene rings is 1. The van der Waals surface area contributed by atoms with Crippen molar-refractivity contribution in [2.24, 2.45) is 11.3 Å². The number of hydrogen-bond donors (Lipinski definition) is 2. The molecule has 0 radical (unpaired) electrons. The van der Waals surface area contributed by atoms with Gasteiger partial charge in [0.2, 0.25) is 5.91 Å². The summed E-state index contributed by atoms with van der Waals surface area (Å²) in [7, 11) is 0. The Bertz CT molecular complexity index is 789. The zero-order chi connectivity index (χ0) is 21.4. The number of fused-ring (bicyclic) bond motifs is 1. The Hall–Kier alpha value is -1.97. The molecular weight excluding hydrogens is 362 g/mol. The summed E-state index contributed by atoms with van der Waals surface area (Å²) in [4.78, 5) is 11.8. The summed E-state index contributed by atoms with van der Waals surface area (Å²) in [5.74, 6) is 1.47. The molecule has 4 rings (SSSR count). The van der Waals surface area contributed by atoms with Crippen molar-refractivity contribution in [1.29, 1.82) is 0 Å². The van der Waals surface area contributed by atoms with E-state index in [1.54, 1.807) is 13.0 Å². The van der Waals surface area contributed by atoms with Crippen LogP contribution in [-0.4, -0.2) is 23.2 Å². The lowest BCUT2D eigenvalue weighted by atomic mass is 9.44. The van der Waals surface area contributed by atoms with E-state index in [2.05, 4.69) is 39.6 Å². The number of allylic oxidation sites excluding steroid dienone is 1. The predicted octanol–water partition coefficient (Wildman–Crippen LogP) is 5.41. The highest BCUT2D eigenvalue weighted by Gasteiger charge is 2.67. The fraction of sp³-hybridized carbons (Fsp3) is 0.640. The third-order valence-electron chi connectivity index (χ3n) is 7.85. The zero-order valence-electron chi connectivity index (χ0n) is 18.7. The average molecular weight is 400 g/mol. The number of carbonyl (C=O) groups is 1. The molecular formula is C25H37NO3. The lowest BCUT2D eigenvalue weighted by molar-refractivity contribution is -0.125. The van der Waals surface area contributed by atoms with Crippen LogP contribution in [0, 0.1) is 18.3 Å². The minimum Gasteiger partial charge on any atom is -0.504 e. The second-order valence-electron chi connectivity index (χ2n) is 9.37. The third-order valence-corrected chi connectivity index (χ3v) is 7.85. The Morgan fingerprint density at radius 2 is 2.07 bits per heavy atom. The molecule has 2 aliphatic carbocycles. The molecule has 1 spiro atoms. The summed E-state index contributed by atoms with van der Waals surface area (Å²) in [6.07, 6.45) is 8.33. The zero-order valence-corrected chi connectivity index (χ0v) is 18.7. The summed E-state index contributed by atoms with van der Waals surface area (Å²) >= 11 is 0. The summed E-state index contributed by atoms with van der Waals surface area (Å²) in [6, 6.07) is 3.75. The van der Waals surface area contributed by atoms with Gasteiger partial charge >= 0.3 is 0 Å². The van der Waals surface area contributed by atoms with Crippen molar-refractivity contribution in [3.05, 3.63) is 35.9 Å². The SMILES string of the molecule is C=CCC.CC(=O)N[C@@H]1CC[C@@]2(C)C(C)CCC[C@@]23c2c(C)ccc(O)c2O[C@@H]13. The topological polar surface area (TPSA) is 58.6 Å². The average Bonchev–Trinajstić information content (AvgIpc) is 3.04. The molecule has 4 nitrogen and oxygen atoms in total. The molecule has 1 heterocycles. The van der Waals surface area contributed by atoms with E-state index in [-0.39, 0.29) is 34.6 Å². The number of carbonyl (C=O) groups excluding carboxylic acids is 1. The number of rotatable bonds is 2. The van der Waals surface area contributed by atoms with Gasteiger partial charge in [0.1, 0.15) is 6.10 Å². The quantitative estimate of drug-likeness (QED) is 0.654. The number of phenolic OH excluding ortho intramolecular Hbond substituents is 1. The molecule has 3 aliphatic rings. The van der Waals surface area contributed by atoms with Crippen LogP contribution in [0.4, 0.5) is 0 Å². The summed E-state index contributed by atoms with van der Waals surface area (Å²) in [6.45, 7) is 14.0. The second-order valence-corrected chi connectivity index (χ2v) is 9.37. The Kier molecular flexibility index (Phi) is 6.03. The Labute approximate surface area is 175 Å². The van der Waals surface area contributed by atoms with Crippen LogP contribution < -0.4 is 10.1 Å². The van der Waals surface area contributed by atoms with Gasteiger partial charge in [0.15, 0.2) is 11.5 Å². The molecule has 29 heavy (non-hydrogen) atoms. The summed E-state index contributed by atoms with van der Waals surface area (Å²) < 4.78 is 6.45. The molecule has 4 heteroatoms. The van der Waals surface area contributed by atoms with E-state index in [9.17, 15) is 9.90 Å². The maximum absolute atomic E-state index is 11.8. The molecule has 2 fully saturated rings. The van der Waals surface area contributed by atoms with E-state index in [1.165, 1.54) is 17.5 Å². The van der Waals surface area contributed by atoms with Crippen molar-refractivity contribution >= 4 is 5.91 Å². The monoisotopic (exact) mass is 399 g/mol. The minimum absolute atomic E-state index is 0.00192. The standard InChI is InChI=1S/C21H29NO3.C4H8/c1-12-7-8-16(24)18-17(12)21-10-5-6-13(2)20(21,4)11-9-15(19(21)25-18)22-14(3)23;1-3-4-2/h7-8,13,15,19,24H,5-6,9-11H2,1-4H3,(H,22,23);3H,1,4H2,2H3/t13?,15-,19+,20+,21+;/m1./s1. The number of phenols is 1. The van der Waals surface area contributed by atoms with Gasteiger partial charge in [0.05, 0.1) is 6.04 Å². The van der Waals surface area contributed by atoms with E-state index in [1.807, 2.05) is 12.1 Å². The van der Waals surface area contributed by atoms with Gasteiger partial charge in [-0.1, -0.05) is 45.8 Å². The molecule has 1 aromatic rings. The highest BCUT2D eigenvalue weighted by molar-refractivity contribution is 5.73. The molecule has 0 saturated heterocycles. The van der Waals surface area contributed by atoms with Crippen molar-refractivity contribution in [2.75, 3.05) is 0 Å². The van der Waals surface area contributed by atoms with Gasteiger partial charge in [0, 0.05) is 17.9 Å². The fourth-order valence-electron chi connectivity index (χ4n) is 6.23. The number of nitrogens with one attached hydrogen (secondary N) is 1. The Balaban J connectivity index is 0.000000552. The summed E-state index contributed by atoms with van der Waals surface area (Å²) in [5.41, 5.74) is 2.38. The van der Waals surface area contributed by atoms with Gasteiger partial charge in [0.25, 0.3) is 0 Å². The molecule has 2 N–H and O–H groups in total. The molecule has 0 aromatic heterocycles. The molecule has 0 bridgehead atoms. The van der Waals surface area contributed by atoms with Crippen LogP contribution in [0.1, 0.15) is 77.3 Å². The first-order valence-corrected chi connectivity index (χ1v) is 11.1. The van der Waals surface area contributed by atoms with Crippen LogP contribution in [0.3, 0.4) is 0 Å². The lowest BCUT2D eigenvalue weighted by Crippen LogP contribution is -2.66. The lowest BCUT2D eigenvalue weighted by Gasteiger charge is -2.60. The van der Waals surface area contributed by atoms with Crippen molar-refractivity contribution in [2.45, 2.75) is 90.7 Å². The van der Waals surface area contributed by atoms with E-state index in [4.69, 9.17) is 4.74 Å². The van der Waals surface area contributed by atoms with E-state index < -0.39 is 0 Å². The van der Waals surface area contributed by atoms with E-state index >= 15 is 0 Å². The van der Waals surface area contributed by atoms with Crippen LogP contribution >= 0.6 is 0 Å². The first kappa shape index (κ1) is 21.7. The smallest absolute Gasteiger partial charge is 0.217 e. The normalized spacial score (nSPS) is 34.4. The Morgan fingerprint density at radius 1 is 1.38 bits per heavy atom. The summed E-state index contributed by atoms with van der Waals surface area (Å²) in [5, 5.41) is 13.6. The largest absolute Gasteiger partial charge is 0.504 e. The fourth-order valence-corrected chi connectivity index (χ4v) is 6.23. The molecule has 1 aliphatic heterocycles. The van der Waals surface area contributed by atoms with Crippen LogP contribution in [0.25, 0.3) is 0 Å². The van der Waals surface area contributed by atoms with E-state index in [0.717, 1.165) is 32.1 Å². The number of aryl methyl sites for hydroxylation is 1. The van der Waals surface area contributed by atoms with Crippen molar-refractivity contribution in [3.63, 3.8) is 0 Å². The number of ether oxygens (including phenoxy) is 1. The number of aromatic hydroxyl groups is 1. The van der Waals surface area contributed by atoms with Gasteiger partial charge in [-0.25, -0.2) is 0 Å². The number of amides is 1. The minimum atomic E-state index is -0.131.